The third-order valence-corrected chi connectivity index (χ3v) is 4.80. The van der Waals surface area contributed by atoms with E-state index in [1.54, 1.807) is 0 Å². The number of aryl methyl sites for hydroxylation is 2. The molecule has 1 fully saturated rings. The quantitative estimate of drug-likeness (QED) is 0.708. The predicted molar refractivity (Wildman–Crippen MR) is 111 cm³/mol. The fourth-order valence-electron chi connectivity index (χ4n) is 3.31. The second-order valence-corrected chi connectivity index (χ2v) is 6.98. The molecule has 0 radical (unpaired) electrons. The first kappa shape index (κ1) is 21.4. The normalized spacial score (nSPS) is 14.6. The van der Waals surface area contributed by atoms with E-state index in [4.69, 9.17) is 0 Å². The lowest BCUT2D eigenvalue weighted by molar-refractivity contribution is 0.0951. The van der Waals surface area contributed by atoms with Crippen molar-refractivity contribution in [2.24, 2.45) is 0 Å². The van der Waals surface area contributed by atoms with E-state index in [0.717, 1.165) is 69.2 Å². The van der Waals surface area contributed by atoms with E-state index >= 15 is 0 Å². The minimum Gasteiger partial charge on any atom is -0.352 e. The molecule has 2 N–H and O–H groups in total. The second kappa shape index (κ2) is 10.4. The van der Waals surface area contributed by atoms with Crippen LogP contribution >= 0.6 is 12.4 Å². The zero-order valence-electron chi connectivity index (χ0n) is 16.2. The van der Waals surface area contributed by atoms with Gasteiger partial charge in [-0.15, -0.1) is 12.4 Å². The number of halogens is 1. The fourth-order valence-corrected chi connectivity index (χ4v) is 3.31. The van der Waals surface area contributed by atoms with Crippen LogP contribution in [-0.4, -0.2) is 59.9 Å². The number of hydrogen-bond acceptors (Lipinski definition) is 4. The predicted octanol–water partition coefficient (Wildman–Crippen LogP) is 2.00. The number of nitrogens with zero attached hydrogens (tertiary/aromatic N) is 3. The average molecular weight is 392 g/mol. The van der Waals surface area contributed by atoms with E-state index in [1.165, 1.54) is 0 Å². The van der Waals surface area contributed by atoms with E-state index < -0.39 is 0 Å². The zero-order valence-corrected chi connectivity index (χ0v) is 17.0. The number of piperazine rings is 1. The summed E-state index contributed by atoms with van der Waals surface area (Å²) < 4.78 is 1.99. The number of nitrogens with one attached hydrogen (secondary N) is 2. The molecule has 3 rings (SSSR count). The van der Waals surface area contributed by atoms with Gasteiger partial charge in [-0.2, -0.15) is 5.10 Å². The van der Waals surface area contributed by atoms with Crippen LogP contribution in [0.3, 0.4) is 0 Å². The highest BCUT2D eigenvalue weighted by molar-refractivity contribution is 5.94. The van der Waals surface area contributed by atoms with Crippen molar-refractivity contribution >= 4 is 18.3 Å². The molecule has 0 spiro atoms. The Kier molecular flexibility index (Phi) is 8.28. The Morgan fingerprint density at radius 1 is 1.19 bits per heavy atom. The molecule has 0 bridgehead atoms. The number of carbonyl (C=O) groups is 1. The molecule has 0 atom stereocenters. The van der Waals surface area contributed by atoms with Crippen molar-refractivity contribution in [3.63, 3.8) is 0 Å². The van der Waals surface area contributed by atoms with Crippen LogP contribution < -0.4 is 10.6 Å². The summed E-state index contributed by atoms with van der Waals surface area (Å²) in [5.74, 6) is 0.00275. The molecule has 6 nitrogen and oxygen atoms in total. The van der Waals surface area contributed by atoms with Gasteiger partial charge in [0.05, 0.1) is 12.2 Å². The maximum atomic E-state index is 12.3. The number of amides is 1. The van der Waals surface area contributed by atoms with Gasteiger partial charge in [-0.25, -0.2) is 0 Å². The Hall–Kier alpha value is -1.89. The van der Waals surface area contributed by atoms with E-state index in [0.29, 0.717) is 5.56 Å². The first-order chi connectivity index (χ1) is 12.6. The molecular weight excluding hydrogens is 362 g/mol. The first-order valence-corrected chi connectivity index (χ1v) is 9.43. The number of hydrogen-bond donors (Lipinski definition) is 2. The van der Waals surface area contributed by atoms with Crippen LogP contribution in [0.5, 0.6) is 0 Å². The zero-order chi connectivity index (χ0) is 18.4. The molecule has 0 aliphatic carbocycles. The van der Waals surface area contributed by atoms with Crippen LogP contribution in [0.2, 0.25) is 0 Å². The van der Waals surface area contributed by atoms with Crippen LogP contribution in [0.4, 0.5) is 0 Å². The van der Waals surface area contributed by atoms with Gasteiger partial charge < -0.3 is 15.5 Å². The summed E-state index contributed by atoms with van der Waals surface area (Å²) in [6.45, 7) is 10.9. The topological polar surface area (TPSA) is 62.2 Å². The Morgan fingerprint density at radius 2 is 1.89 bits per heavy atom. The van der Waals surface area contributed by atoms with Gasteiger partial charge in [0.1, 0.15) is 0 Å². The molecule has 1 aromatic heterocycles. The molecule has 0 unspecified atom stereocenters. The summed E-state index contributed by atoms with van der Waals surface area (Å²) in [5, 5.41) is 10.9. The van der Waals surface area contributed by atoms with Gasteiger partial charge in [0.25, 0.3) is 5.91 Å². The SMILES string of the molecule is Cc1cc(C)n(Cc2ccc(C(=O)NCCCN3CCNCC3)cc2)n1.Cl. The minimum atomic E-state index is 0. The number of carbonyl (C=O) groups excluding carboxylic acids is 1. The van der Waals surface area contributed by atoms with Crippen molar-refractivity contribution in [2.75, 3.05) is 39.3 Å². The molecule has 1 amide bonds. The summed E-state index contributed by atoms with van der Waals surface area (Å²) >= 11 is 0. The molecule has 1 aliphatic heterocycles. The second-order valence-electron chi connectivity index (χ2n) is 6.98. The van der Waals surface area contributed by atoms with Crippen molar-refractivity contribution in [3.05, 3.63) is 52.8 Å². The van der Waals surface area contributed by atoms with Gasteiger partial charge in [-0.05, 0) is 50.6 Å². The van der Waals surface area contributed by atoms with Gasteiger partial charge >= 0.3 is 0 Å². The van der Waals surface area contributed by atoms with Crippen molar-refractivity contribution in [1.29, 1.82) is 0 Å². The van der Waals surface area contributed by atoms with Crippen molar-refractivity contribution in [3.8, 4) is 0 Å². The first-order valence-electron chi connectivity index (χ1n) is 9.43. The molecular formula is C20H30ClN5O. The summed E-state index contributed by atoms with van der Waals surface area (Å²) in [6, 6.07) is 9.87. The highest BCUT2D eigenvalue weighted by Gasteiger charge is 2.10. The van der Waals surface area contributed by atoms with Crippen molar-refractivity contribution < 1.29 is 4.79 Å². The Balaban J connectivity index is 0.00000261. The lowest BCUT2D eigenvalue weighted by Gasteiger charge is -2.27. The summed E-state index contributed by atoms with van der Waals surface area (Å²) in [7, 11) is 0. The Bertz CT molecular complexity index is 722. The van der Waals surface area contributed by atoms with Crippen LogP contribution in [0.15, 0.2) is 30.3 Å². The highest BCUT2D eigenvalue weighted by Crippen LogP contribution is 2.09. The molecule has 2 aromatic rings. The molecule has 1 aromatic carbocycles. The lowest BCUT2D eigenvalue weighted by Crippen LogP contribution is -2.44. The molecule has 1 saturated heterocycles. The van der Waals surface area contributed by atoms with Gasteiger partial charge in [0, 0.05) is 44.0 Å². The van der Waals surface area contributed by atoms with Gasteiger partial charge in [-0.3, -0.25) is 9.48 Å². The Labute approximate surface area is 167 Å². The van der Waals surface area contributed by atoms with E-state index in [1.807, 2.05) is 35.9 Å². The van der Waals surface area contributed by atoms with Crippen molar-refractivity contribution in [1.82, 2.24) is 25.3 Å². The highest BCUT2D eigenvalue weighted by atomic mass is 35.5. The molecule has 0 saturated carbocycles. The molecule has 27 heavy (non-hydrogen) atoms. The van der Waals surface area contributed by atoms with Gasteiger partial charge in [0.2, 0.25) is 0 Å². The number of rotatable bonds is 7. The van der Waals surface area contributed by atoms with E-state index in [9.17, 15) is 4.79 Å². The molecule has 1 aliphatic rings. The van der Waals surface area contributed by atoms with Crippen molar-refractivity contribution in [2.45, 2.75) is 26.8 Å². The third-order valence-electron chi connectivity index (χ3n) is 4.80. The van der Waals surface area contributed by atoms with Crippen LogP contribution in [-0.2, 0) is 6.54 Å². The third kappa shape index (κ3) is 6.34. The maximum absolute atomic E-state index is 12.3. The molecule has 148 valence electrons. The monoisotopic (exact) mass is 391 g/mol. The van der Waals surface area contributed by atoms with E-state index in [2.05, 4.69) is 33.6 Å². The van der Waals surface area contributed by atoms with Gasteiger partial charge in [0.15, 0.2) is 0 Å². The minimum absolute atomic E-state index is 0. The summed E-state index contributed by atoms with van der Waals surface area (Å²) in [4.78, 5) is 14.7. The van der Waals surface area contributed by atoms with Crippen LogP contribution in [0, 0.1) is 13.8 Å². The average Bonchev–Trinajstić information content (AvgIpc) is 2.97. The lowest BCUT2D eigenvalue weighted by atomic mass is 10.1. The number of aromatic nitrogens is 2. The smallest absolute Gasteiger partial charge is 0.251 e. The van der Waals surface area contributed by atoms with Crippen LogP contribution in [0.1, 0.15) is 33.7 Å². The molecule has 2 heterocycles. The van der Waals surface area contributed by atoms with Crippen LogP contribution in [0.25, 0.3) is 0 Å². The van der Waals surface area contributed by atoms with Gasteiger partial charge in [-0.1, -0.05) is 12.1 Å². The summed E-state index contributed by atoms with van der Waals surface area (Å²) in [6.07, 6.45) is 0.988. The van der Waals surface area contributed by atoms with E-state index in [-0.39, 0.29) is 18.3 Å². The Morgan fingerprint density at radius 3 is 2.52 bits per heavy atom. The molecule has 7 heteroatoms. The number of benzene rings is 1. The maximum Gasteiger partial charge on any atom is 0.251 e. The standard InChI is InChI=1S/C20H29N5O.ClH/c1-16-14-17(2)25(23-16)15-18-4-6-19(7-5-18)20(26)22-8-3-11-24-12-9-21-10-13-24;/h4-7,14,21H,3,8-13,15H2,1-2H3,(H,22,26);1H. The summed E-state index contributed by atoms with van der Waals surface area (Å²) in [5.41, 5.74) is 4.03. The largest absolute Gasteiger partial charge is 0.352 e. The fraction of sp³-hybridized carbons (Fsp3) is 0.500.